The van der Waals surface area contributed by atoms with E-state index in [1.807, 2.05) is 11.8 Å². The molecule has 1 saturated heterocycles. The molecule has 1 aromatic carbocycles. The molecule has 1 atom stereocenters. The Bertz CT molecular complexity index is 316. The van der Waals surface area contributed by atoms with Gasteiger partial charge in [0.05, 0.1) is 5.37 Å². The molecule has 0 radical (unpaired) electrons. The number of rotatable bonds is 1. The first kappa shape index (κ1) is 10.1. The van der Waals surface area contributed by atoms with Crippen molar-refractivity contribution in [2.24, 2.45) is 0 Å². The lowest BCUT2D eigenvalue weighted by Gasteiger charge is -2.19. The molecule has 1 aromatic rings. The monoisotopic (exact) mass is 207 g/mol. The zero-order chi connectivity index (χ0) is 10.2. The van der Waals surface area contributed by atoms with Crippen LogP contribution in [-0.4, -0.2) is 11.3 Å². The first-order valence-corrected chi connectivity index (χ1v) is 6.08. The summed E-state index contributed by atoms with van der Waals surface area (Å²) in [4.78, 5) is 0. The first-order valence-electron chi connectivity index (χ1n) is 5.03. The second kappa shape index (κ2) is 3.59. The summed E-state index contributed by atoms with van der Waals surface area (Å²) in [6.07, 6.45) is 0. The quantitative estimate of drug-likeness (QED) is 0.759. The average molecular weight is 207 g/mol. The van der Waals surface area contributed by atoms with Crippen LogP contribution in [0.25, 0.3) is 0 Å². The van der Waals surface area contributed by atoms with E-state index in [9.17, 15) is 0 Å². The molecule has 1 N–H and O–H groups in total. The largest absolute Gasteiger partial charge is 0.296 e. The van der Waals surface area contributed by atoms with Gasteiger partial charge >= 0.3 is 0 Å². The molecular weight excluding hydrogens is 190 g/mol. The van der Waals surface area contributed by atoms with Gasteiger partial charge in [0, 0.05) is 11.3 Å². The van der Waals surface area contributed by atoms with Crippen LogP contribution in [0.2, 0.25) is 0 Å². The highest BCUT2D eigenvalue weighted by atomic mass is 32.2. The summed E-state index contributed by atoms with van der Waals surface area (Å²) in [5.41, 5.74) is 3.00. The minimum Gasteiger partial charge on any atom is -0.296 e. The van der Waals surface area contributed by atoms with E-state index in [2.05, 4.69) is 50.4 Å². The van der Waals surface area contributed by atoms with E-state index in [4.69, 9.17) is 0 Å². The summed E-state index contributed by atoms with van der Waals surface area (Å²) in [6, 6.07) is 8.81. The third kappa shape index (κ3) is 2.12. The normalized spacial score (nSPS) is 25.2. The summed E-state index contributed by atoms with van der Waals surface area (Å²) >= 11 is 2.00. The summed E-state index contributed by atoms with van der Waals surface area (Å²) in [5, 5.41) is 4.11. The Morgan fingerprint density at radius 3 is 2.43 bits per heavy atom. The van der Waals surface area contributed by atoms with Crippen LogP contribution in [0.3, 0.4) is 0 Å². The van der Waals surface area contributed by atoms with Gasteiger partial charge in [-0.05, 0) is 26.3 Å². The summed E-state index contributed by atoms with van der Waals surface area (Å²) in [5.74, 6) is 1.19. The molecule has 1 aliphatic heterocycles. The van der Waals surface area contributed by atoms with Crippen molar-refractivity contribution in [3.8, 4) is 0 Å². The Morgan fingerprint density at radius 2 is 1.93 bits per heavy atom. The highest BCUT2D eigenvalue weighted by Crippen LogP contribution is 2.36. The van der Waals surface area contributed by atoms with Crippen molar-refractivity contribution in [1.29, 1.82) is 0 Å². The van der Waals surface area contributed by atoms with Crippen LogP contribution in [0.4, 0.5) is 0 Å². The molecule has 0 aromatic heterocycles. The Kier molecular flexibility index (Phi) is 2.58. The van der Waals surface area contributed by atoms with Gasteiger partial charge < -0.3 is 0 Å². The second-order valence-electron chi connectivity index (χ2n) is 4.63. The van der Waals surface area contributed by atoms with Gasteiger partial charge in [0.2, 0.25) is 0 Å². The van der Waals surface area contributed by atoms with E-state index in [0.29, 0.717) is 5.37 Å². The van der Waals surface area contributed by atoms with E-state index < -0.39 is 0 Å². The van der Waals surface area contributed by atoms with Crippen LogP contribution >= 0.6 is 11.8 Å². The third-order valence-electron chi connectivity index (χ3n) is 2.51. The average Bonchev–Trinajstić information content (AvgIpc) is 2.47. The summed E-state index contributed by atoms with van der Waals surface area (Å²) in [6.45, 7) is 6.64. The summed E-state index contributed by atoms with van der Waals surface area (Å²) in [7, 11) is 0. The van der Waals surface area contributed by atoms with Crippen LogP contribution in [0.15, 0.2) is 24.3 Å². The zero-order valence-electron chi connectivity index (χ0n) is 9.00. The summed E-state index contributed by atoms with van der Waals surface area (Å²) < 4.78 is 0. The molecule has 1 unspecified atom stereocenters. The van der Waals surface area contributed by atoms with Crippen molar-refractivity contribution in [3.05, 3.63) is 35.4 Å². The van der Waals surface area contributed by atoms with Crippen molar-refractivity contribution < 1.29 is 0 Å². The van der Waals surface area contributed by atoms with Crippen LogP contribution in [-0.2, 0) is 0 Å². The minimum absolute atomic E-state index is 0.278. The van der Waals surface area contributed by atoms with Gasteiger partial charge in [0.15, 0.2) is 0 Å². The molecular formula is C12H17NS. The zero-order valence-corrected chi connectivity index (χ0v) is 9.82. The third-order valence-corrected chi connectivity index (χ3v) is 4.12. The van der Waals surface area contributed by atoms with Gasteiger partial charge in [0.1, 0.15) is 0 Å². The number of hydrogen-bond acceptors (Lipinski definition) is 2. The molecule has 2 rings (SSSR count). The molecule has 0 bridgehead atoms. The second-order valence-corrected chi connectivity index (χ2v) is 5.72. The first-order chi connectivity index (χ1) is 6.57. The number of benzene rings is 1. The lowest BCUT2D eigenvalue weighted by Crippen LogP contribution is -2.35. The van der Waals surface area contributed by atoms with Gasteiger partial charge in [0.25, 0.3) is 0 Å². The molecule has 76 valence electrons. The van der Waals surface area contributed by atoms with Crippen molar-refractivity contribution in [2.75, 3.05) is 5.75 Å². The van der Waals surface area contributed by atoms with Crippen LogP contribution in [0.1, 0.15) is 30.3 Å². The Morgan fingerprint density at radius 1 is 1.29 bits per heavy atom. The molecule has 1 heterocycles. The van der Waals surface area contributed by atoms with Crippen molar-refractivity contribution >= 4 is 11.8 Å². The van der Waals surface area contributed by atoms with Crippen LogP contribution in [0.5, 0.6) is 0 Å². The molecule has 0 amide bonds. The van der Waals surface area contributed by atoms with Crippen LogP contribution in [0, 0.1) is 6.92 Å². The van der Waals surface area contributed by atoms with Crippen molar-refractivity contribution in [2.45, 2.75) is 31.7 Å². The van der Waals surface area contributed by atoms with Crippen LogP contribution < -0.4 is 5.32 Å². The van der Waals surface area contributed by atoms with Gasteiger partial charge in [-0.1, -0.05) is 29.8 Å². The van der Waals surface area contributed by atoms with E-state index >= 15 is 0 Å². The Hall–Kier alpha value is -0.470. The highest BCUT2D eigenvalue weighted by molar-refractivity contribution is 7.99. The minimum atomic E-state index is 0.278. The van der Waals surface area contributed by atoms with Crippen molar-refractivity contribution in [3.63, 3.8) is 0 Å². The predicted octanol–water partition coefficient (Wildman–Crippen LogP) is 3.11. The SMILES string of the molecule is Cc1ccc(C2NC(C)(C)CS2)cc1. The van der Waals surface area contributed by atoms with E-state index in [1.165, 1.54) is 16.9 Å². The van der Waals surface area contributed by atoms with Gasteiger partial charge in [-0.15, -0.1) is 11.8 Å². The molecule has 2 heteroatoms. The van der Waals surface area contributed by atoms with Gasteiger partial charge in [-0.25, -0.2) is 0 Å². The number of hydrogen-bond donors (Lipinski definition) is 1. The van der Waals surface area contributed by atoms with E-state index in [1.54, 1.807) is 0 Å². The molecule has 0 aliphatic carbocycles. The maximum Gasteiger partial charge on any atom is 0.0794 e. The fourth-order valence-electron chi connectivity index (χ4n) is 1.65. The molecule has 0 saturated carbocycles. The van der Waals surface area contributed by atoms with Gasteiger partial charge in [-0.3, -0.25) is 5.32 Å². The standard InChI is InChI=1S/C12H17NS/c1-9-4-6-10(7-5-9)11-13-12(2,3)8-14-11/h4-7,11,13H,8H2,1-3H3. The number of aryl methyl sites for hydroxylation is 1. The number of thioether (sulfide) groups is 1. The van der Waals surface area contributed by atoms with Crippen molar-refractivity contribution in [1.82, 2.24) is 5.32 Å². The molecule has 0 spiro atoms. The molecule has 14 heavy (non-hydrogen) atoms. The molecule has 1 nitrogen and oxygen atoms in total. The Balaban J connectivity index is 2.14. The maximum atomic E-state index is 3.63. The van der Waals surface area contributed by atoms with Gasteiger partial charge in [-0.2, -0.15) is 0 Å². The highest BCUT2D eigenvalue weighted by Gasteiger charge is 2.31. The lowest BCUT2D eigenvalue weighted by atomic mass is 10.1. The fourth-order valence-corrected chi connectivity index (χ4v) is 3.07. The topological polar surface area (TPSA) is 12.0 Å². The Labute approximate surface area is 90.3 Å². The van der Waals surface area contributed by atoms with E-state index in [0.717, 1.165) is 0 Å². The smallest absolute Gasteiger partial charge is 0.0794 e. The lowest BCUT2D eigenvalue weighted by molar-refractivity contribution is 0.452. The van der Waals surface area contributed by atoms with E-state index in [-0.39, 0.29) is 5.54 Å². The molecule has 1 aliphatic rings. The maximum absolute atomic E-state index is 3.63. The predicted molar refractivity (Wildman–Crippen MR) is 63.6 cm³/mol. The number of nitrogens with one attached hydrogen (secondary N) is 1. The fraction of sp³-hybridized carbons (Fsp3) is 0.500. The molecule has 1 fully saturated rings.